The van der Waals surface area contributed by atoms with Crippen molar-refractivity contribution in [1.82, 2.24) is 14.5 Å². The molecule has 0 aliphatic carbocycles. The average molecular weight is 657 g/mol. The topological polar surface area (TPSA) is 106 Å². The second-order valence-corrected chi connectivity index (χ2v) is 14.7. The molecule has 3 saturated heterocycles. The molecule has 4 aliphatic heterocycles. The van der Waals surface area contributed by atoms with Gasteiger partial charge in [-0.25, -0.2) is 13.1 Å². The minimum Gasteiger partial charge on any atom is -0.381 e. The maximum Gasteiger partial charge on any atom is 0.258 e. The zero-order valence-electron chi connectivity index (χ0n) is 27.0. The molecule has 0 unspecified atom stereocenters. The number of piperidine rings is 1. The van der Waals surface area contributed by atoms with Gasteiger partial charge in [-0.1, -0.05) is 30.3 Å². The molecule has 0 radical (unpaired) electrons. The van der Waals surface area contributed by atoms with Crippen molar-refractivity contribution in [3.63, 3.8) is 0 Å². The van der Waals surface area contributed by atoms with E-state index in [0.29, 0.717) is 54.6 Å². The highest BCUT2D eigenvalue weighted by Crippen LogP contribution is 2.39. The molecule has 0 spiro atoms. The number of piperazine rings is 1. The molecule has 0 aromatic heterocycles. The first-order valence-corrected chi connectivity index (χ1v) is 18.2. The molecule has 10 nitrogen and oxygen atoms in total. The summed E-state index contributed by atoms with van der Waals surface area (Å²) in [5.74, 6) is -0.280. The van der Waals surface area contributed by atoms with E-state index in [1.165, 1.54) is 31.6 Å². The summed E-state index contributed by atoms with van der Waals surface area (Å²) in [6.07, 6.45) is 3.77. The Kier molecular flexibility index (Phi) is 9.33. The number of benzene rings is 3. The molecule has 4 aliphatic rings. The van der Waals surface area contributed by atoms with E-state index >= 15 is 0 Å². The summed E-state index contributed by atoms with van der Waals surface area (Å²) in [6, 6.07) is 23.4. The largest absolute Gasteiger partial charge is 0.381 e. The molecule has 3 fully saturated rings. The predicted octanol–water partition coefficient (Wildman–Crippen LogP) is 4.29. The van der Waals surface area contributed by atoms with Gasteiger partial charge in [0, 0.05) is 74.1 Å². The highest BCUT2D eigenvalue weighted by molar-refractivity contribution is 7.89. The fourth-order valence-corrected chi connectivity index (χ4v) is 8.48. The van der Waals surface area contributed by atoms with Crippen molar-refractivity contribution in [3.8, 4) is 0 Å². The van der Waals surface area contributed by atoms with Gasteiger partial charge >= 0.3 is 0 Å². The second kappa shape index (κ2) is 13.8. The number of rotatable bonds is 8. The molecule has 7 rings (SSSR count). The quantitative estimate of drug-likeness (QED) is 0.309. The van der Waals surface area contributed by atoms with Crippen molar-refractivity contribution in [2.75, 3.05) is 75.1 Å². The van der Waals surface area contributed by atoms with E-state index in [2.05, 4.69) is 61.4 Å². The zero-order valence-corrected chi connectivity index (χ0v) is 27.8. The van der Waals surface area contributed by atoms with Crippen LogP contribution in [0, 0.1) is 0 Å². The van der Waals surface area contributed by atoms with Gasteiger partial charge in [-0.2, -0.15) is 0 Å². The first-order chi connectivity index (χ1) is 22.8. The monoisotopic (exact) mass is 656 g/mol. The van der Waals surface area contributed by atoms with Crippen LogP contribution in [-0.4, -0.2) is 95.7 Å². The highest BCUT2D eigenvalue weighted by Gasteiger charge is 2.32. The van der Waals surface area contributed by atoms with Crippen LogP contribution in [-0.2, 0) is 19.6 Å². The SMILES string of the molecule is CN1CCC(N2CCN(c3ccc(N/C(=C4\C(=O)Nc5ccc(S(=O)(=O)NC6CCOCC6)cc54)c4ccccc4)cc3)CC2)CC1. The molecule has 3 aromatic rings. The lowest BCUT2D eigenvalue weighted by Crippen LogP contribution is -2.53. The van der Waals surface area contributed by atoms with Crippen LogP contribution in [0.15, 0.2) is 77.7 Å². The van der Waals surface area contributed by atoms with E-state index in [0.717, 1.165) is 37.4 Å². The predicted molar refractivity (Wildman–Crippen MR) is 187 cm³/mol. The molecule has 0 bridgehead atoms. The minimum atomic E-state index is -3.80. The van der Waals surface area contributed by atoms with Crippen molar-refractivity contribution in [2.45, 2.75) is 42.7 Å². The Hall–Kier alpha value is -3.74. The summed E-state index contributed by atoms with van der Waals surface area (Å²) >= 11 is 0. The summed E-state index contributed by atoms with van der Waals surface area (Å²) in [4.78, 5) is 21.2. The maximum absolute atomic E-state index is 13.5. The van der Waals surface area contributed by atoms with Gasteiger partial charge in [0.15, 0.2) is 0 Å². The van der Waals surface area contributed by atoms with Crippen molar-refractivity contribution < 1.29 is 17.9 Å². The van der Waals surface area contributed by atoms with Gasteiger partial charge in [-0.15, -0.1) is 0 Å². The molecule has 0 atom stereocenters. The van der Waals surface area contributed by atoms with Crippen LogP contribution in [0.4, 0.5) is 17.1 Å². The molecule has 1 amide bonds. The molecule has 47 heavy (non-hydrogen) atoms. The molecule has 248 valence electrons. The van der Waals surface area contributed by atoms with Crippen LogP contribution in [0.3, 0.4) is 0 Å². The molecule has 11 heteroatoms. The lowest BCUT2D eigenvalue weighted by molar-refractivity contribution is -0.110. The van der Waals surface area contributed by atoms with E-state index in [1.807, 2.05) is 30.3 Å². The fraction of sp³-hybridized carbons (Fsp3) is 0.417. The summed E-state index contributed by atoms with van der Waals surface area (Å²) in [5.41, 5.74) is 5.01. The lowest BCUT2D eigenvalue weighted by atomic mass is 10.00. The molecular formula is C36H44N6O4S. The van der Waals surface area contributed by atoms with Crippen LogP contribution < -0.4 is 20.3 Å². The van der Waals surface area contributed by atoms with Gasteiger partial charge in [0.25, 0.3) is 5.91 Å². The highest BCUT2D eigenvalue weighted by atomic mass is 32.2. The summed E-state index contributed by atoms with van der Waals surface area (Å²) in [6.45, 7) is 7.60. The number of ether oxygens (including phenoxy) is 1. The first-order valence-electron chi connectivity index (χ1n) is 16.7. The Morgan fingerprint density at radius 2 is 1.55 bits per heavy atom. The van der Waals surface area contributed by atoms with Crippen LogP contribution >= 0.6 is 0 Å². The Labute approximate surface area is 277 Å². The molecular weight excluding hydrogens is 613 g/mol. The third-order valence-corrected chi connectivity index (χ3v) is 11.4. The van der Waals surface area contributed by atoms with Crippen molar-refractivity contribution in [1.29, 1.82) is 0 Å². The van der Waals surface area contributed by atoms with Crippen LogP contribution in [0.2, 0.25) is 0 Å². The Bertz CT molecular complexity index is 1710. The van der Waals surface area contributed by atoms with Gasteiger partial charge in [-0.05, 0) is 93.8 Å². The molecule has 0 saturated carbocycles. The number of nitrogens with one attached hydrogen (secondary N) is 3. The Balaban J connectivity index is 1.12. The summed E-state index contributed by atoms with van der Waals surface area (Å²) in [7, 11) is -1.58. The number of hydrogen-bond acceptors (Lipinski definition) is 8. The number of hydrogen-bond donors (Lipinski definition) is 3. The van der Waals surface area contributed by atoms with Gasteiger partial charge in [0.2, 0.25) is 10.0 Å². The van der Waals surface area contributed by atoms with Crippen molar-refractivity contribution >= 4 is 44.3 Å². The standard InChI is InChI=1S/C36H44N6O4S/c1-40-17-13-30(14-18-40)42-21-19-41(20-22-42)29-9-7-27(8-10-29)37-35(26-5-3-2-4-6-26)34-32-25-31(11-12-33(32)38-36(34)43)47(44,45)39-28-15-23-46-24-16-28/h2-12,25,28,30,37,39H,13-24H2,1H3,(H,38,43)/b35-34-. The summed E-state index contributed by atoms with van der Waals surface area (Å²) < 4.78 is 35.0. The fourth-order valence-electron chi connectivity index (χ4n) is 7.15. The number of likely N-dealkylation sites (tertiary alicyclic amines) is 1. The molecule has 3 N–H and O–H groups in total. The van der Waals surface area contributed by atoms with Crippen LogP contribution in [0.25, 0.3) is 11.3 Å². The van der Waals surface area contributed by atoms with Crippen LogP contribution in [0.1, 0.15) is 36.8 Å². The number of sulfonamides is 1. The number of fused-ring (bicyclic) bond motifs is 1. The van der Waals surface area contributed by atoms with Crippen LogP contribution in [0.5, 0.6) is 0 Å². The molecule has 4 heterocycles. The average Bonchev–Trinajstić information content (AvgIpc) is 3.43. The lowest BCUT2D eigenvalue weighted by Gasteiger charge is -2.42. The number of carbonyl (C=O) groups is 1. The van der Waals surface area contributed by atoms with Gasteiger partial charge in [0.05, 0.1) is 16.2 Å². The van der Waals surface area contributed by atoms with E-state index in [1.54, 1.807) is 18.2 Å². The number of carbonyl (C=O) groups excluding carboxylic acids is 1. The van der Waals surface area contributed by atoms with E-state index in [4.69, 9.17) is 4.74 Å². The Morgan fingerprint density at radius 1 is 0.851 bits per heavy atom. The van der Waals surface area contributed by atoms with Crippen molar-refractivity contribution in [2.24, 2.45) is 0 Å². The minimum absolute atomic E-state index is 0.129. The third-order valence-electron chi connectivity index (χ3n) is 9.92. The number of nitrogens with zero attached hydrogens (tertiary/aromatic N) is 3. The van der Waals surface area contributed by atoms with E-state index < -0.39 is 10.0 Å². The number of amides is 1. The maximum atomic E-state index is 13.5. The van der Waals surface area contributed by atoms with E-state index in [9.17, 15) is 13.2 Å². The first kappa shape index (κ1) is 31.8. The Morgan fingerprint density at radius 3 is 2.26 bits per heavy atom. The number of anilines is 3. The normalized spacial score (nSPS) is 21.4. The molecule has 3 aromatic carbocycles. The van der Waals surface area contributed by atoms with Crippen molar-refractivity contribution in [3.05, 3.63) is 83.9 Å². The smallest absolute Gasteiger partial charge is 0.258 e. The van der Waals surface area contributed by atoms with Gasteiger partial charge in [0.1, 0.15) is 0 Å². The zero-order chi connectivity index (χ0) is 32.4. The second-order valence-electron chi connectivity index (χ2n) is 13.0. The van der Waals surface area contributed by atoms with E-state index in [-0.39, 0.29) is 16.8 Å². The van der Waals surface area contributed by atoms with Gasteiger partial charge < -0.3 is 25.2 Å². The summed E-state index contributed by atoms with van der Waals surface area (Å²) in [5, 5.41) is 6.47. The van der Waals surface area contributed by atoms with Gasteiger partial charge in [-0.3, -0.25) is 9.69 Å². The third kappa shape index (κ3) is 7.09.